The number of hydrogen-bond donors (Lipinski definition) is 1. The lowest BCUT2D eigenvalue weighted by atomic mass is 10.1. The molecule has 0 aliphatic heterocycles. The van der Waals surface area contributed by atoms with Crippen molar-refractivity contribution < 1.29 is 9.90 Å². The molecular weight excluding hydrogens is 202 g/mol. The number of carbonyl (C=O) groups is 1. The van der Waals surface area contributed by atoms with Crippen molar-refractivity contribution in [1.29, 1.82) is 5.26 Å². The van der Waals surface area contributed by atoms with Crippen LogP contribution in [0.1, 0.15) is 28.8 Å². The summed E-state index contributed by atoms with van der Waals surface area (Å²) in [5.74, 6) is 5.41. The summed E-state index contributed by atoms with van der Waals surface area (Å²) in [7, 11) is 0. The summed E-state index contributed by atoms with van der Waals surface area (Å²) in [5, 5.41) is 17.0. The molecule has 0 aliphatic rings. The Kier molecular flexibility index (Phi) is 4.79. The number of nitrogens with zero attached hydrogens (tertiary/aromatic N) is 1. The van der Waals surface area contributed by atoms with Crippen LogP contribution in [0.5, 0.6) is 0 Å². The normalized spacial score (nSPS) is 8.75. The number of benzene rings is 1. The highest BCUT2D eigenvalue weighted by atomic mass is 16.2. The lowest BCUT2D eigenvalue weighted by Crippen LogP contribution is -1.97. The maximum Gasteiger partial charge on any atom is 0.176 e. The van der Waals surface area contributed by atoms with Gasteiger partial charge in [0.1, 0.15) is 0 Å². The summed E-state index contributed by atoms with van der Waals surface area (Å²) in [4.78, 5) is 11.4. The fourth-order valence-corrected chi connectivity index (χ4v) is 1.16. The van der Waals surface area contributed by atoms with Gasteiger partial charge in [-0.25, -0.2) is 0 Å². The number of aliphatic hydroxyl groups is 1. The first-order valence-electron chi connectivity index (χ1n) is 4.88. The van der Waals surface area contributed by atoms with Gasteiger partial charge in [-0.15, -0.1) is 0 Å². The average molecular weight is 213 g/mol. The Balaban J connectivity index is 2.85. The van der Waals surface area contributed by atoms with E-state index in [4.69, 9.17) is 10.4 Å². The van der Waals surface area contributed by atoms with Crippen LogP contribution < -0.4 is 0 Å². The first kappa shape index (κ1) is 12.0. The molecule has 0 amide bonds. The monoisotopic (exact) mass is 213 g/mol. The second-order valence-corrected chi connectivity index (χ2v) is 3.11. The van der Waals surface area contributed by atoms with E-state index in [0.29, 0.717) is 12.0 Å². The van der Waals surface area contributed by atoms with Crippen LogP contribution in [0.2, 0.25) is 0 Å². The smallest absolute Gasteiger partial charge is 0.176 e. The minimum absolute atomic E-state index is 0.0278. The zero-order chi connectivity index (χ0) is 11.8. The molecule has 80 valence electrons. The highest BCUT2D eigenvalue weighted by molar-refractivity contribution is 5.97. The topological polar surface area (TPSA) is 61.1 Å². The predicted octanol–water partition coefficient (Wildman–Crippen LogP) is 1.52. The van der Waals surface area contributed by atoms with Crippen molar-refractivity contribution in [2.45, 2.75) is 12.8 Å². The molecule has 1 aromatic carbocycles. The Morgan fingerprint density at radius 2 is 2.25 bits per heavy atom. The van der Waals surface area contributed by atoms with Gasteiger partial charge in [-0.3, -0.25) is 4.79 Å². The average Bonchev–Trinajstić information content (AvgIpc) is 2.30. The molecule has 1 aromatic rings. The van der Waals surface area contributed by atoms with Crippen molar-refractivity contribution in [2.24, 2.45) is 0 Å². The second kappa shape index (κ2) is 6.40. The van der Waals surface area contributed by atoms with Gasteiger partial charge >= 0.3 is 0 Å². The quantitative estimate of drug-likeness (QED) is 0.611. The van der Waals surface area contributed by atoms with Crippen LogP contribution in [-0.4, -0.2) is 17.5 Å². The third-order valence-corrected chi connectivity index (χ3v) is 1.89. The molecule has 0 spiro atoms. The Morgan fingerprint density at radius 3 is 2.94 bits per heavy atom. The van der Waals surface area contributed by atoms with Gasteiger partial charge in [-0.1, -0.05) is 24.0 Å². The molecule has 3 heteroatoms. The Labute approximate surface area is 94.3 Å². The third kappa shape index (κ3) is 3.57. The first-order valence-corrected chi connectivity index (χ1v) is 4.88. The third-order valence-electron chi connectivity index (χ3n) is 1.89. The standard InChI is InChI=1S/C13H11NO2/c14-8-7-13(16)12-6-3-5-11(10-12)4-1-2-9-15/h3,5-6,10,15H,2,7,9H2. The van der Waals surface area contributed by atoms with Crippen molar-refractivity contribution in [3.05, 3.63) is 35.4 Å². The number of ketones is 1. The highest BCUT2D eigenvalue weighted by Gasteiger charge is 2.04. The zero-order valence-electron chi connectivity index (χ0n) is 8.73. The molecule has 0 aliphatic carbocycles. The minimum atomic E-state index is -0.201. The Bertz CT molecular complexity index is 475. The maximum atomic E-state index is 11.4. The van der Waals surface area contributed by atoms with E-state index in [1.54, 1.807) is 24.3 Å². The molecule has 0 radical (unpaired) electrons. The number of aliphatic hydroxyl groups excluding tert-OH is 1. The minimum Gasteiger partial charge on any atom is -0.395 e. The molecule has 1 N–H and O–H groups in total. The van der Waals surface area contributed by atoms with E-state index in [1.807, 2.05) is 6.07 Å². The predicted molar refractivity (Wildman–Crippen MR) is 59.6 cm³/mol. The van der Waals surface area contributed by atoms with Gasteiger partial charge in [0.2, 0.25) is 0 Å². The van der Waals surface area contributed by atoms with Crippen LogP contribution >= 0.6 is 0 Å². The van der Waals surface area contributed by atoms with E-state index in [-0.39, 0.29) is 18.8 Å². The number of carbonyl (C=O) groups excluding carboxylic acids is 1. The lowest BCUT2D eigenvalue weighted by Gasteiger charge is -1.96. The van der Waals surface area contributed by atoms with Crippen LogP contribution in [0, 0.1) is 23.2 Å². The summed E-state index contributed by atoms with van der Waals surface area (Å²) >= 11 is 0. The number of Topliss-reactive ketones (excluding diaryl/α,β-unsaturated/α-hetero) is 1. The summed E-state index contributed by atoms with van der Waals surface area (Å²) < 4.78 is 0. The molecule has 0 bridgehead atoms. The molecule has 0 unspecified atom stereocenters. The molecule has 0 saturated heterocycles. The van der Waals surface area contributed by atoms with Gasteiger partial charge < -0.3 is 5.11 Å². The van der Waals surface area contributed by atoms with Crippen LogP contribution in [-0.2, 0) is 0 Å². The molecule has 0 atom stereocenters. The van der Waals surface area contributed by atoms with Crippen LogP contribution in [0.3, 0.4) is 0 Å². The molecule has 0 saturated carbocycles. The molecule has 0 fully saturated rings. The van der Waals surface area contributed by atoms with E-state index in [2.05, 4.69) is 11.8 Å². The summed E-state index contributed by atoms with van der Waals surface area (Å²) in [6.45, 7) is 0.0278. The van der Waals surface area contributed by atoms with Gasteiger partial charge in [0.25, 0.3) is 0 Å². The van der Waals surface area contributed by atoms with Crippen molar-refractivity contribution >= 4 is 5.78 Å². The molecule has 16 heavy (non-hydrogen) atoms. The number of rotatable bonds is 3. The molecule has 0 aromatic heterocycles. The lowest BCUT2D eigenvalue weighted by molar-refractivity contribution is 0.0997. The van der Waals surface area contributed by atoms with Crippen molar-refractivity contribution in [3.63, 3.8) is 0 Å². The number of nitriles is 1. The van der Waals surface area contributed by atoms with Gasteiger partial charge in [-0.05, 0) is 12.1 Å². The highest BCUT2D eigenvalue weighted by Crippen LogP contribution is 2.06. The van der Waals surface area contributed by atoms with Gasteiger partial charge in [0.15, 0.2) is 5.78 Å². The van der Waals surface area contributed by atoms with Crippen molar-refractivity contribution in [1.82, 2.24) is 0 Å². The second-order valence-electron chi connectivity index (χ2n) is 3.11. The van der Waals surface area contributed by atoms with E-state index in [0.717, 1.165) is 5.56 Å². The van der Waals surface area contributed by atoms with E-state index >= 15 is 0 Å². The summed E-state index contributed by atoms with van der Waals surface area (Å²) in [6, 6.07) is 8.65. The Morgan fingerprint density at radius 1 is 1.44 bits per heavy atom. The van der Waals surface area contributed by atoms with Gasteiger partial charge in [0.05, 0.1) is 19.1 Å². The van der Waals surface area contributed by atoms with E-state index < -0.39 is 0 Å². The summed E-state index contributed by atoms with van der Waals surface area (Å²) in [6.07, 6.45) is 0.296. The Hall–Kier alpha value is -2.10. The van der Waals surface area contributed by atoms with Gasteiger partial charge in [0, 0.05) is 17.5 Å². The molecule has 3 nitrogen and oxygen atoms in total. The van der Waals surface area contributed by atoms with Crippen LogP contribution in [0.4, 0.5) is 0 Å². The first-order chi connectivity index (χ1) is 7.77. The largest absolute Gasteiger partial charge is 0.395 e. The fraction of sp³-hybridized carbons (Fsp3) is 0.231. The number of hydrogen-bond acceptors (Lipinski definition) is 3. The van der Waals surface area contributed by atoms with Gasteiger partial charge in [-0.2, -0.15) is 5.26 Å². The van der Waals surface area contributed by atoms with E-state index in [9.17, 15) is 4.79 Å². The summed E-state index contributed by atoms with van der Waals surface area (Å²) in [5.41, 5.74) is 1.22. The van der Waals surface area contributed by atoms with Crippen LogP contribution in [0.15, 0.2) is 24.3 Å². The SMILES string of the molecule is N#CCC(=O)c1cccc(C#CCCO)c1. The van der Waals surface area contributed by atoms with Crippen molar-refractivity contribution in [3.8, 4) is 17.9 Å². The fourth-order valence-electron chi connectivity index (χ4n) is 1.16. The molecule has 1 rings (SSSR count). The van der Waals surface area contributed by atoms with Crippen LogP contribution in [0.25, 0.3) is 0 Å². The molecular formula is C13H11NO2. The maximum absolute atomic E-state index is 11.4. The molecule has 0 heterocycles. The zero-order valence-corrected chi connectivity index (χ0v) is 8.73. The van der Waals surface area contributed by atoms with E-state index in [1.165, 1.54) is 0 Å². The van der Waals surface area contributed by atoms with Crippen molar-refractivity contribution in [2.75, 3.05) is 6.61 Å².